The fraction of sp³-hybridized carbons (Fsp3) is 0.400. The Kier molecular flexibility index (Phi) is 5.76. The normalized spacial score (nSPS) is 19.1. The number of nitrogens with zero attached hydrogens (tertiary/aromatic N) is 1. The molecular weight excluding hydrogens is 333 g/mol. The number of nitrogens with two attached hydrogens (primary N) is 1. The molecule has 0 aromatic heterocycles. The lowest BCUT2D eigenvalue weighted by Crippen LogP contribution is -2.26. The van der Waals surface area contributed by atoms with E-state index in [1.807, 2.05) is 26.8 Å². The van der Waals surface area contributed by atoms with Crippen molar-refractivity contribution in [2.24, 2.45) is 16.1 Å². The van der Waals surface area contributed by atoms with Crippen molar-refractivity contribution in [2.75, 3.05) is 0 Å². The van der Waals surface area contributed by atoms with Crippen LogP contribution >= 0.6 is 24.2 Å². The second-order valence-corrected chi connectivity index (χ2v) is 7.02. The molecule has 0 saturated heterocycles. The van der Waals surface area contributed by atoms with Gasteiger partial charge in [-0.25, -0.2) is 0 Å². The molecule has 2 rings (SSSR count). The van der Waals surface area contributed by atoms with Crippen LogP contribution in [0.3, 0.4) is 0 Å². The molecule has 0 fully saturated rings. The van der Waals surface area contributed by atoms with Gasteiger partial charge in [-0.1, -0.05) is 44.7 Å². The van der Waals surface area contributed by atoms with Gasteiger partial charge in [-0.2, -0.15) is 13.2 Å². The van der Waals surface area contributed by atoms with E-state index in [4.69, 9.17) is 5.73 Å². The van der Waals surface area contributed by atoms with E-state index in [1.165, 1.54) is 17.8 Å². The lowest BCUT2D eigenvalue weighted by Gasteiger charge is -2.26. The molecule has 22 heavy (non-hydrogen) atoms. The van der Waals surface area contributed by atoms with Gasteiger partial charge in [0.1, 0.15) is 5.50 Å². The highest BCUT2D eigenvalue weighted by atomic mass is 35.5. The molecule has 1 aromatic carbocycles. The zero-order chi connectivity index (χ0) is 15.8. The van der Waals surface area contributed by atoms with Gasteiger partial charge in [0.05, 0.1) is 5.56 Å². The van der Waals surface area contributed by atoms with E-state index in [-0.39, 0.29) is 17.8 Å². The quantitative estimate of drug-likeness (QED) is 0.778. The summed E-state index contributed by atoms with van der Waals surface area (Å²) in [5, 5.41) is 0. The summed E-state index contributed by atoms with van der Waals surface area (Å²) in [7, 11) is 0. The molecule has 0 spiro atoms. The standard InChI is InChI=1S/C15H17F3N2S.ClH/c1-14(2,3)12-8-11(21-13(19)20-12)9-5-4-6-10(7-9)15(16,17)18;/h4-8,13H,19H2,1-3H3;1H. The molecule has 0 radical (unpaired) electrons. The third-order valence-corrected chi connectivity index (χ3v) is 3.98. The molecule has 2 nitrogen and oxygen atoms in total. The highest BCUT2D eigenvalue weighted by Gasteiger charge is 2.31. The number of aliphatic imine (C=N–C) groups is 1. The van der Waals surface area contributed by atoms with E-state index in [0.717, 1.165) is 17.8 Å². The molecular formula is C15H18ClF3N2S. The maximum atomic E-state index is 12.8. The van der Waals surface area contributed by atoms with E-state index in [9.17, 15) is 13.2 Å². The maximum Gasteiger partial charge on any atom is 0.416 e. The Morgan fingerprint density at radius 1 is 1.18 bits per heavy atom. The summed E-state index contributed by atoms with van der Waals surface area (Å²) >= 11 is 1.26. The van der Waals surface area contributed by atoms with Gasteiger partial charge in [0.2, 0.25) is 0 Å². The van der Waals surface area contributed by atoms with Crippen LogP contribution in [-0.4, -0.2) is 11.2 Å². The van der Waals surface area contributed by atoms with Gasteiger partial charge in [-0.3, -0.25) is 4.99 Å². The molecule has 2 N–H and O–H groups in total. The summed E-state index contributed by atoms with van der Waals surface area (Å²) < 4.78 is 38.4. The van der Waals surface area contributed by atoms with Crippen molar-refractivity contribution in [3.05, 3.63) is 41.5 Å². The van der Waals surface area contributed by atoms with E-state index in [2.05, 4.69) is 4.99 Å². The fourth-order valence-electron chi connectivity index (χ4n) is 1.90. The van der Waals surface area contributed by atoms with Crippen LogP contribution in [0.5, 0.6) is 0 Å². The largest absolute Gasteiger partial charge is 0.416 e. The van der Waals surface area contributed by atoms with Gasteiger partial charge < -0.3 is 5.73 Å². The number of rotatable bonds is 1. The summed E-state index contributed by atoms with van der Waals surface area (Å²) in [6, 6.07) is 5.29. The molecule has 1 atom stereocenters. The average Bonchev–Trinajstić information content (AvgIpc) is 2.36. The van der Waals surface area contributed by atoms with E-state index >= 15 is 0 Å². The Morgan fingerprint density at radius 3 is 2.36 bits per heavy atom. The maximum absolute atomic E-state index is 12.8. The Labute approximate surface area is 138 Å². The summed E-state index contributed by atoms with van der Waals surface area (Å²) in [5.41, 5.74) is 5.84. The molecule has 0 aliphatic carbocycles. The average molecular weight is 351 g/mol. The third kappa shape index (κ3) is 4.51. The number of hydrogen-bond acceptors (Lipinski definition) is 3. The molecule has 1 aliphatic rings. The first-order valence-corrected chi connectivity index (χ1v) is 7.35. The summed E-state index contributed by atoms with van der Waals surface area (Å²) in [4.78, 5) is 5.08. The topological polar surface area (TPSA) is 38.4 Å². The van der Waals surface area contributed by atoms with Crippen molar-refractivity contribution >= 4 is 34.8 Å². The molecule has 1 unspecified atom stereocenters. The second kappa shape index (κ2) is 6.64. The van der Waals surface area contributed by atoms with Crippen molar-refractivity contribution in [2.45, 2.75) is 32.4 Å². The molecule has 0 amide bonds. The lowest BCUT2D eigenvalue weighted by molar-refractivity contribution is -0.137. The molecule has 0 bridgehead atoms. The van der Waals surface area contributed by atoms with Crippen molar-refractivity contribution in [1.82, 2.24) is 0 Å². The first kappa shape index (κ1) is 19.1. The Morgan fingerprint density at radius 2 is 1.82 bits per heavy atom. The number of hydrogen-bond donors (Lipinski definition) is 1. The Balaban J connectivity index is 0.00000242. The minimum atomic E-state index is -4.35. The molecule has 1 heterocycles. The third-order valence-electron chi connectivity index (χ3n) is 3.02. The predicted molar refractivity (Wildman–Crippen MR) is 89.1 cm³/mol. The van der Waals surface area contributed by atoms with Crippen molar-refractivity contribution in [1.29, 1.82) is 0 Å². The zero-order valence-electron chi connectivity index (χ0n) is 12.4. The van der Waals surface area contributed by atoms with Crippen LogP contribution in [0.4, 0.5) is 13.2 Å². The first-order chi connectivity index (χ1) is 9.57. The van der Waals surface area contributed by atoms with Crippen LogP contribution in [0.25, 0.3) is 4.91 Å². The molecule has 1 aromatic rings. The van der Waals surface area contributed by atoms with Gasteiger partial charge in [-0.15, -0.1) is 12.4 Å². The fourth-order valence-corrected chi connectivity index (χ4v) is 2.77. The Bertz CT molecular complexity index is 604. The van der Waals surface area contributed by atoms with Crippen molar-refractivity contribution in [3.8, 4) is 0 Å². The van der Waals surface area contributed by atoms with Gasteiger partial charge in [0.15, 0.2) is 0 Å². The van der Waals surface area contributed by atoms with Crippen LogP contribution in [0, 0.1) is 5.41 Å². The zero-order valence-corrected chi connectivity index (χ0v) is 14.1. The predicted octanol–water partition coefficient (Wildman–Crippen LogP) is 4.94. The van der Waals surface area contributed by atoms with Gasteiger partial charge in [-0.05, 0) is 23.8 Å². The van der Waals surface area contributed by atoms with Crippen molar-refractivity contribution in [3.63, 3.8) is 0 Å². The molecule has 122 valence electrons. The van der Waals surface area contributed by atoms with Crippen molar-refractivity contribution < 1.29 is 13.2 Å². The number of thioether (sulfide) groups is 1. The van der Waals surface area contributed by atoms with Crippen LogP contribution in [0.15, 0.2) is 35.3 Å². The number of allylic oxidation sites excluding steroid dienone is 1. The Hall–Kier alpha value is -0.980. The van der Waals surface area contributed by atoms with E-state index < -0.39 is 17.2 Å². The van der Waals surface area contributed by atoms with Gasteiger partial charge in [0, 0.05) is 16.0 Å². The van der Waals surface area contributed by atoms with Crippen LogP contribution in [-0.2, 0) is 6.18 Å². The molecule has 1 aliphatic heterocycles. The van der Waals surface area contributed by atoms with Crippen LogP contribution < -0.4 is 5.73 Å². The minimum Gasteiger partial charge on any atom is -0.301 e. The summed E-state index contributed by atoms with van der Waals surface area (Å²) in [6.45, 7) is 5.98. The van der Waals surface area contributed by atoms with Gasteiger partial charge in [0.25, 0.3) is 0 Å². The first-order valence-electron chi connectivity index (χ1n) is 6.47. The minimum absolute atomic E-state index is 0. The molecule has 7 heteroatoms. The smallest absolute Gasteiger partial charge is 0.301 e. The SMILES string of the molecule is CC(C)(C)C1=NC(N)SC(c2cccc(C(F)(F)F)c2)=C1.Cl. The second-order valence-electron chi connectivity index (χ2n) is 5.86. The van der Waals surface area contributed by atoms with Crippen LogP contribution in [0.2, 0.25) is 0 Å². The summed E-state index contributed by atoms with van der Waals surface area (Å²) in [5.74, 6) is 0. The highest BCUT2D eigenvalue weighted by Crippen LogP contribution is 2.38. The monoisotopic (exact) mass is 350 g/mol. The number of benzene rings is 1. The lowest BCUT2D eigenvalue weighted by atomic mass is 9.89. The highest BCUT2D eigenvalue weighted by molar-refractivity contribution is 8.08. The van der Waals surface area contributed by atoms with E-state index in [0.29, 0.717) is 10.5 Å². The van der Waals surface area contributed by atoms with Crippen LogP contribution in [0.1, 0.15) is 31.9 Å². The number of alkyl halides is 3. The van der Waals surface area contributed by atoms with Gasteiger partial charge >= 0.3 is 6.18 Å². The summed E-state index contributed by atoms with van der Waals surface area (Å²) in [6.07, 6.45) is -2.53. The molecule has 0 saturated carbocycles. The van der Waals surface area contributed by atoms with E-state index in [1.54, 1.807) is 6.07 Å². The number of halogens is 4.